The van der Waals surface area contributed by atoms with Gasteiger partial charge in [-0.2, -0.15) is 0 Å². The van der Waals surface area contributed by atoms with E-state index in [2.05, 4.69) is 10.7 Å². The van der Waals surface area contributed by atoms with Gasteiger partial charge in [-0.25, -0.2) is 5.84 Å². The normalized spacial score (nSPS) is 22.8. The molecule has 5 nitrogen and oxygen atoms in total. The molecule has 1 fully saturated rings. The second-order valence-electron chi connectivity index (χ2n) is 4.58. The maximum Gasteiger partial charge on any atom is 0.251 e. The predicted octanol–water partition coefficient (Wildman–Crippen LogP) is 0.146. The molecular weight excluding hydrogens is 230 g/mol. The zero-order valence-corrected chi connectivity index (χ0v) is 10.3. The minimum absolute atomic E-state index is 0.0907. The molecule has 0 aromatic heterocycles. The highest BCUT2D eigenvalue weighted by Gasteiger charge is 2.33. The Balaban J connectivity index is 2.08. The van der Waals surface area contributed by atoms with Crippen LogP contribution in [-0.2, 0) is 4.79 Å². The molecule has 1 saturated heterocycles. The van der Waals surface area contributed by atoms with Crippen molar-refractivity contribution in [2.75, 3.05) is 6.54 Å². The molecule has 1 aliphatic heterocycles. The summed E-state index contributed by atoms with van der Waals surface area (Å²) in [5, 5.41) is 3.01. The Labute approximate surface area is 106 Å². The van der Waals surface area contributed by atoms with Crippen molar-refractivity contribution in [3.05, 3.63) is 35.4 Å². The average Bonchev–Trinajstić information content (AvgIpc) is 2.87. The summed E-state index contributed by atoms with van der Waals surface area (Å²) in [6.07, 6.45) is 0.496. The third kappa shape index (κ3) is 2.42. The third-order valence-electron chi connectivity index (χ3n) is 3.37. The molecule has 1 heterocycles. The van der Waals surface area contributed by atoms with Gasteiger partial charge < -0.3 is 5.32 Å². The van der Waals surface area contributed by atoms with Crippen LogP contribution in [0.4, 0.5) is 0 Å². The number of rotatable bonds is 3. The molecule has 18 heavy (non-hydrogen) atoms. The molecule has 5 heteroatoms. The van der Waals surface area contributed by atoms with Crippen LogP contribution in [0.25, 0.3) is 0 Å². The van der Waals surface area contributed by atoms with E-state index in [1.165, 1.54) is 0 Å². The smallest absolute Gasteiger partial charge is 0.251 e. The SMILES string of the molecule is Cc1ccccc1C(=O)C1CNC(C(=O)NN)C1. The van der Waals surface area contributed by atoms with E-state index in [0.717, 1.165) is 11.1 Å². The van der Waals surface area contributed by atoms with Crippen LogP contribution in [0, 0.1) is 12.8 Å². The minimum atomic E-state index is -0.368. The van der Waals surface area contributed by atoms with E-state index < -0.39 is 0 Å². The highest BCUT2D eigenvalue weighted by molar-refractivity contribution is 6.00. The molecule has 0 bridgehead atoms. The van der Waals surface area contributed by atoms with Crippen LogP contribution in [0.5, 0.6) is 0 Å². The first-order valence-electron chi connectivity index (χ1n) is 5.97. The number of ketones is 1. The van der Waals surface area contributed by atoms with E-state index in [1.54, 1.807) is 0 Å². The Morgan fingerprint density at radius 1 is 1.39 bits per heavy atom. The van der Waals surface area contributed by atoms with Gasteiger partial charge in [0.05, 0.1) is 6.04 Å². The molecule has 0 spiro atoms. The van der Waals surface area contributed by atoms with Gasteiger partial charge in [0, 0.05) is 18.0 Å². The number of amides is 1. The van der Waals surface area contributed by atoms with Gasteiger partial charge >= 0.3 is 0 Å². The van der Waals surface area contributed by atoms with Gasteiger partial charge in [0.1, 0.15) is 0 Å². The van der Waals surface area contributed by atoms with E-state index in [-0.39, 0.29) is 23.7 Å². The van der Waals surface area contributed by atoms with E-state index >= 15 is 0 Å². The molecule has 0 aliphatic carbocycles. The number of aryl methyl sites for hydroxylation is 1. The highest BCUT2D eigenvalue weighted by atomic mass is 16.2. The predicted molar refractivity (Wildman–Crippen MR) is 67.7 cm³/mol. The number of nitrogens with one attached hydrogen (secondary N) is 2. The summed E-state index contributed by atoms with van der Waals surface area (Å²) in [5.41, 5.74) is 3.81. The average molecular weight is 247 g/mol. The molecule has 2 atom stereocenters. The topological polar surface area (TPSA) is 84.2 Å². The molecule has 0 radical (unpaired) electrons. The standard InChI is InChI=1S/C13H17N3O2/c1-8-4-2-3-5-10(8)12(17)9-6-11(15-7-9)13(18)16-14/h2-5,9,11,15H,6-7,14H2,1H3,(H,16,18). The molecule has 4 N–H and O–H groups in total. The third-order valence-corrected chi connectivity index (χ3v) is 3.37. The summed E-state index contributed by atoms with van der Waals surface area (Å²) in [4.78, 5) is 23.7. The summed E-state index contributed by atoms with van der Waals surface area (Å²) >= 11 is 0. The summed E-state index contributed by atoms with van der Waals surface area (Å²) in [6, 6.07) is 7.14. The van der Waals surface area contributed by atoms with Crippen LogP contribution in [-0.4, -0.2) is 24.3 Å². The van der Waals surface area contributed by atoms with Gasteiger partial charge in [0.25, 0.3) is 5.91 Å². The molecule has 2 rings (SSSR count). The lowest BCUT2D eigenvalue weighted by atomic mass is 9.92. The van der Waals surface area contributed by atoms with Crippen molar-refractivity contribution in [2.45, 2.75) is 19.4 Å². The molecule has 0 saturated carbocycles. The van der Waals surface area contributed by atoms with E-state index in [1.807, 2.05) is 31.2 Å². The fraction of sp³-hybridized carbons (Fsp3) is 0.385. The number of hydrazine groups is 1. The second-order valence-corrected chi connectivity index (χ2v) is 4.58. The quantitative estimate of drug-likeness (QED) is 0.307. The van der Waals surface area contributed by atoms with Crippen LogP contribution >= 0.6 is 0 Å². The minimum Gasteiger partial charge on any atom is -0.305 e. The summed E-state index contributed by atoms with van der Waals surface area (Å²) in [6.45, 7) is 2.44. The fourth-order valence-corrected chi connectivity index (χ4v) is 2.31. The van der Waals surface area contributed by atoms with Crippen LogP contribution in [0.15, 0.2) is 24.3 Å². The Morgan fingerprint density at radius 2 is 2.11 bits per heavy atom. The van der Waals surface area contributed by atoms with E-state index in [0.29, 0.717) is 13.0 Å². The zero-order chi connectivity index (χ0) is 13.1. The lowest BCUT2D eigenvalue weighted by Crippen LogP contribution is -2.43. The number of Topliss-reactive ketones (excluding diaryl/α,β-unsaturated/α-hetero) is 1. The Hall–Kier alpha value is -1.72. The number of benzene rings is 1. The molecule has 96 valence electrons. The summed E-state index contributed by atoms with van der Waals surface area (Å²) in [7, 11) is 0. The molecule has 1 aromatic carbocycles. The molecule has 1 aliphatic rings. The largest absolute Gasteiger partial charge is 0.305 e. The second kappa shape index (κ2) is 5.29. The Bertz CT molecular complexity index is 473. The van der Waals surface area contributed by atoms with Crippen LogP contribution in [0.1, 0.15) is 22.3 Å². The highest BCUT2D eigenvalue weighted by Crippen LogP contribution is 2.21. The molecular formula is C13H17N3O2. The van der Waals surface area contributed by atoms with Crippen molar-refractivity contribution in [3.8, 4) is 0 Å². The molecule has 1 aromatic rings. The van der Waals surface area contributed by atoms with Gasteiger partial charge in [-0.15, -0.1) is 0 Å². The van der Waals surface area contributed by atoms with Gasteiger partial charge in [0.15, 0.2) is 5.78 Å². The lowest BCUT2D eigenvalue weighted by molar-refractivity contribution is -0.122. The van der Waals surface area contributed by atoms with Crippen molar-refractivity contribution in [2.24, 2.45) is 11.8 Å². The van der Waals surface area contributed by atoms with Crippen molar-refractivity contribution in [1.82, 2.24) is 10.7 Å². The maximum absolute atomic E-state index is 12.3. The van der Waals surface area contributed by atoms with E-state index in [9.17, 15) is 9.59 Å². The summed E-state index contributed by atoms with van der Waals surface area (Å²) in [5.74, 6) is 4.75. The Kier molecular flexibility index (Phi) is 3.74. The molecule has 1 amide bonds. The number of nitrogens with two attached hydrogens (primary N) is 1. The Morgan fingerprint density at radius 3 is 2.78 bits per heavy atom. The van der Waals surface area contributed by atoms with Gasteiger partial charge in [0.2, 0.25) is 0 Å². The zero-order valence-electron chi connectivity index (χ0n) is 10.3. The van der Waals surface area contributed by atoms with Crippen molar-refractivity contribution in [1.29, 1.82) is 0 Å². The first-order valence-corrected chi connectivity index (χ1v) is 5.97. The monoisotopic (exact) mass is 247 g/mol. The maximum atomic E-state index is 12.3. The number of carbonyl (C=O) groups is 2. The van der Waals surface area contributed by atoms with Crippen molar-refractivity contribution >= 4 is 11.7 Å². The summed E-state index contributed by atoms with van der Waals surface area (Å²) < 4.78 is 0. The lowest BCUT2D eigenvalue weighted by Gasteiger charge is -2.10. The number of hydrogen-bond donors (Lipinski definition) is 3. The number of carbonyl (C=O) groups excluding carboxylic acids is 2. The van der Waals surface area contributed by atoms with E-state index in [4.69, 9.17) is 5.84 Å². The number of hydrogen-bond acceptors (Lipinski definition) is 4. The van der Waals surface area contributed by atoms with Gasteiger partial charge in [-0.3, -0.25) is 15.0 Å². The van der Waals surface area contributed by atoms with Crippen LogP contribution < -0.4 is 16.6 Å². The first kappa shape index (κ1) is 12.7. The van der Waals surface area contributed by atoms with Gasteiger partial charge in [-0.1, -0.05) is 24.3 Å². The van der Waals surface area contributed by atoms with Crippen molar-refractivity contribution in [3.63, 3.8) is 0 Å². The van der Waals surface area contributed by atoms with Crippen LogP contribution in [0.2, 0.25) is 0 Å². The van der Waals surface area contributed by atoms with Crippen LogP contribution in [0.3, 0.4) is 0 Å². The fourth-order valence-electron chi connectivity index (χ4n) is 2.31. The van der Waals surface area contributed by atoms with Crippen molar-refractivity contribution < 1.29 is 9.59 Å². The van der Waals surface area contributed by atoms with Gasteiger partial charge in [-0.05, 0) is 18.9 Å². The molecule has 2 unspecified atom stereocenters. The first-order chi connectivity index (χ1) is 8.63.